The van der Waals surface area contributed by atoms with Gasteiger partial charge in [0.2, 0.25) is 0 Å². The molecule has 1 aromatic rings. The van der Waals surface area contributed by atoms with Crippen LogP contribution in [0.2, 0.25) is 0 Å². The molecule has 0 aromatic heterocycles. The van der Waals surface area contributed by atoms with E-state index in [1.165, 1.54) is 82.6 Å². The van der Waals surface area contributed by atoms with Gasteiger partial charge in [0.1, 0.15) is 5.82 Å². The molecule has 4 unspecified atom stereocenters. The number of halogens is 1. The number of benzene rings is 1. The van der Waals surface area contributed by atoms with Gasteiger partial charge in [0, 0.05) is 0 Å². The first-order valence-electron chi connectivity index (χ1n) is 12.1. The van der Waals surface area contributed by atoms with Crippen molar-refractivity contribution in [2.24, 2.45) is 29.6 Å². The van der Waals surface area contributed by atoms with Gasteiger partial charge in [-0.1, -0.05) is 37.1 Å². The fourth-order valence-corrected chi connectivity index (χ4v) is 6.84. The second kappa shape index (κ2) is 9.59. The van der Waals surface area contributed by atoms with Crippen LogP contribution in [0.25, 0.3) is 0 Å². The number of hydrogen-bond acceptors (Lipinski definition) is 0. The zero-order valence-corrected chi connectivity index (χ0v) is 17.8. The molecule has 0 nitrogen and oxygen atoms in total. The Morgan fingerprint density at radius 2 is 1.39 bits per heavy atom. The fraction of sp³-hybridized carbons (Fsp3) is 0.704. The molecule has 28 heavy (non-hydrogen) atoms. The Bertz CT molecular complexity index is 622. The lowest BCUT2D eigenvalue weighted by Gasteiger charge is -2.45. The van der Waals surface area contributed by atoms with E-state index in [0.717, 1.165) is 29.6 Å². The van der Waals surface area contributed by atoms with Gasteiger partial charge in [0.15, 0.2) is 0 Å². The van der Waals surface area contributed by atoms with Crippen LogP contribution < -0.4 is 0 Å². The van der Waals surface area contributed by atoms with Gasteiger partial charge >= 0.3 is 0 Å². The highest BCUT2D eigenvalue weighted by molar-refractivity contribution is 5.21. The average Bonchev–Trinajstić information content (AvgIpc) is 2.74. The maximum atomic E-state index is 13.2. The number of rotatable bonds is 5. The first kappa shape index (κ1) is 20.2. The van der Waals surface area contributed by atoms with Gasteiger partial charge in [0.05, 0.1) is 0 Å². The highest BCUT2D eigenvalue weighted by atomic mass is 19.1. The van der Waals surface area contributed by atoms with Crippen molar-refractivity contribution < 1.29 is 4.39 Å². The van der Waals surface area contributed by atoms with Crippen molar-refractivity contribution in [3.63, 3.8) is 0 Å². The molecule has 0 bridgehead atoms. The van der Waals surface area contributed by atoms with Crippen LogP contribution in [0.3, 0.4) is 0 Å². The Hall–Kier alpha value is -1.11. The normalized spacial score (nSPS) is 36.4. The molecule has 1 aromatic carbocycles. The molecule has 0 heterocycles. The summed E-state index contributed by atoms with van der Waals surface area (Å²) in [6, 6.07) is 7.35. The SMILES string of the molecule is C/C=C/CCC1CCC(C2CCC3CC(c4ccc(F)cc4)CCC3C2)CC1. The maximum absolute atomic E-state index is 13.2. The summed E-state index contributed by atoms with van der Waals surface area (Å²) in [5.74, 6) is 5.50. The van der Waals surface area contributed by atoms with Crippen molar-refractivity contribution in [1.29, 1.82) is 0 Å². The predicted molar refractivity (Wildman–Crippen MR) is 117 cm³/mol. The van der Waals surface area contributed by atoms with E-state index in [1.807, 2.05) is 12.1 Å². The van der Waals surface area contributed by atoms with Gasteiger partial charge in [-0.3, -0.25) is 0 Å². The van der Waals surface area contributed by atoms with E-state index >= 15 is 0 Å². The van der Waals surface area contributed by atoms with E-state index < -0.39 is 0 Å². The molecular weight excluding hydrogens is 343 g/mol. The average molecular weight is 383 g/mol. The Morgan fingerprint density at radius 3 is 2.11 bits per heavy atom. The second-order valence-corrected chi connectivity index (χ2v) is 10.1. The zero-order valence-electron chi connectivity index (χ0n) is 17.8. The predicted octanol–water partition coefficient (Wildman–Crippen LogP) is 8.29. The molecule has 0 radical (unpaired) electrons. The van der Waals surface area contributed by atoms with E-state index in [0.29, 0.717) is 5.92 Å². The number of allylic oxidation sites excluding steroid dienone is 2. The van der Waals surface area contributed by atoms with E-state index in [4.69, 9.17) is 0 Å². The summed E-state index contributed by atoms with van der Waals surface area (Å²) in [7, 11) is 0. The van der Waals surface area contributed by atoms with Crippen molar-refractivity contribution in [3.8, 4) is 0 Å². The van der Waals surface area contributed by atoms with Gasteiger partial charge in [0.25, 0.3) is 0 Å². The Kier molecular flexibility index (Phi) is 6.91. The third kappa shape index (κ3) is 4.89. The molecule has 0 saturated heterocycles. The number of fused-ring (bicyclic) bond motifs is 1. The summed E-state index contributed by atoms with van der Waals surface area (Å²) in [6.45, 7) is 2.14. The van der Waals surface area contributed by atoms with E-state index in [9.17, 15) is 4.39 Å². The van der Waals surface area contributed by atoms with Gasteiger partial charge in [-0.25, -0.2) is 4.39 Å². The largest absolute Gasteiger partial charge is 0.207 e. The fourth-order valence-electron chi connectivity index (χ4n) is 6.84. The molecule has 4 atom stereocenters. The van der Waals surface area contributed by atoms with E-state index in [2.05, 4.69) is 19.1 Å². The quantitative estimate of drug-likeness (QED) is 0.449. The molecule has 0 spiro atoms. The topological polar surface area (TPSA) is 0 Å². The molecule has 3 aliphatic rings. The minimum atomic E-state index is -0.102. The molecule has 0 aliphatic heterocycles. The molecule has 4 rings (SSSR count). The Balaban J connectivity index is 1.25. The van der Waals surface area contributed by atoms with Crippen LogP contribution in [-0.2, 0) is 0 Å². The van der Waals surface area contributed by atoms with Crippen LogP contribution in [0.4, 0.5) is 4.39 Å². The molecule has 1 heteroatoms. The highest BCUT2D eigenvalue weighted by Gasteiger charge is 2.38. The maximum Gasteiger partial charge on any atom is 0.123 e. The monoisotopic (exact) mass is 382 g/mol. The summed E-state index contributed by atoms with van der Waals surface area (Å²) < 4.78 is 13.2. The highest BCUT2D eigenvalue weighted by Crippen LogP contribution is 2.51. The molecule has 3 fully saturated rings. The zero-order chi connectivity index (χ0) is 19.3. The van der Waals surface area contributed by atoms with Crippen molar-refractivity contribution >= 4 is 0 Å². The molecule has 0 amide bonds. The summed E-state index contributed by atoms with van der Waals surface area (Å²) in [4.78, 5) is 0. The van der Waals surface area contributed by atoms with Crippen LogP contribution >= 0.6 is 0 Å². The van der Waals surface area contributed by atoms with Crippen molar-refractivity contribution in [1.82, 2.24) is 0 Å². The molecular formula is C27H39F. The second-order valence-electron chi connectivity index (χ2n) is 10.1. The number of hydrogen-bond donors (Lipinski definition) is 0. The lowest BCUT2D eigenvalue weighted by Crippen LogP contribution is -2.34. The van der Waals surface area contributed by atoms with Crippen LogP contribution in [0.15, 0.2) is 36.4 Å². The standard InChI is InChI=1S/C27H39F/c1-2-3-4-5-20-6-8-21(9-7-20)23-10-12-26-19-24(11-13-25(26)18-23)22-14-16-27(28)17-15-22/h2-3,14-17,20-21,23-26H,4-13,18-19H2,1H3/b3-2+. The van der Waals surface area contributed by atoms with Crippen LogP contribution in [-0.4, -0.2) is 0 Å². The molecule has 3 aliphatic carbocycles. The molecule has 154 valence electrons. The lowest BCUT2D eigenvalue weighted by molar-refractivity contribution is 0.0713. The molecule has 3 saturated carbocycles. The first-order chi connectivity index (χ1) is 13.7. The van der Waals surface area contributed by atoms with Crippen molar-refractivity contribution in [2.45, 2.75) is 89.9 Å². The van der Waals surface area contributed by atoms with E-state index in [1.54, 1.807) is 12.1 Å². The van der Waals surface area contributed by atoms with Crippen LogP contribution in [0, 0.1) is 35.4 Å². The first-order valence-corrected chi connectivity index (χ1v) is 12.1. The van der Waals surface area contributed by atoms with Crippen molar-refractivity contribution in [3.05, 3.63) is 47.8 Å². The lowest BCUT2D eigenvalue weighted by atomic mass is 9.60. The van der Waals surface area contributed by atoms with Gasteiger partial charge in [-0.15, -0.1) is 0 Å². The van der Waals surface area contributed by atoms with E-state index in [-0.39, 0.29) is 5.82 Å². The third-order valence-electron chi connectivity index (χ3n) is 8.53. The molecule has 0 N–H and O–H groups in total. The summed E-state index contributed by atoms with van der Waals surface area (Å²) in [6.07, 6.45) is 21.7. The van der Waals surface area contributed by atoms with Crippen LogP contribution in [0.5, 0.6) is 0 Å². The van der Waals surface area contributed by atoms with Crippen molar-refractivity contribution in [2.75, 3.05) is 0 Å². The smallest absolute Gasteiger partial charge is 0.123 e. The third-order valence-corrected chi connectivity index (χ3v) is 8.53. The minimum absolute atomic E-state index is 0.102. The summed E-state index contributed by atoms with van der Waals surface area (Å²) in [5, 5.41) is 0. The minimum Gasteiger partial charge on any atom is -0.207 e. The Labute approximate surface area is 172 Å². The summed E-state index contributed by atoms with van der Waals surface area (Å²) >= 11 is 0. The van der Waals surface area contributed by atoms with Gasteiger partial charge < -0.3 is 0 Å². The Morgan fingerprint density at radius 1 is 0.786 bits per heavy atom. The van der Waals surface area contributed by atoms with Gasteiger partial charge in [-0.05, 0) is 124 Å². The summed E-state index contributed by atoms with van der Waals surface area (Å²) in [5.41, 5.74) is 1.37. The van der Waals surface area contributed by atoms with Crippen LogP contribution in [0.1, 0.15) is 95.5 Å². The van der Waals surface area contributed by atoms with Gasteiger partial charge in [-0.2, -0.15) is 0 Å².